The van der Waals surface area contributed by atoms with E-state index in [9.17, 15) is 19.8 Å². The molecule has 0 saturated carbocycles. The van der Waals surface area contributed by atoms with E-state index >= 15 is 0 Å². The number of carbonyl (C=O) groups excluding carboxylic acids is 2. The van der Waals surface area contributed by atoms with Crippen LogP contribution in [0.3, 0.4) is 0 Å². The largest absolute Gasteiger partial charge is 0.550 e. The van der Waals surface area contributed by atoms with E-state index in [-0.39, 0.29) is 29.9 Å². The molecule has 1 atom stereocenters. The SMILES string of the molecule is Cc1ccccc1C(CCC(=O)[O-])C(=O)c1cc(OCc2ccccc2)ccc1O. The smallest absolute Gasteiger partial charge is 0.174 e. The number of rotatable bonds is 9. The van der Waals surface area contributed by atoms with Gasteiger partial charge in [0.25, 0.3) is 0 Å². The lowest BCUT2D eigenvalue weighted by molar-refractivity contribution is -0.305. The van der Waals surface area contributed by atoms with Gasteiger partial charge in [0.2, 0.25) is 0 Å². The number of hydrogen-bond acceptors (Lipinski definition) is 5. The first-order valence-electron chi connectivity index (χ1n) is 9.75. The average Bonchev–Trinajstić information content (AvgIpc) is 2.75. The minimum absolute atomic E-state index is 0.0839. The first-order valence-corrected chi connectivity index (χ1v) is 9.75. The Balaban J connectivity index is 1.87. The molecule has 0 spiro atoms. The fourth-order valence-corrected chi connectivity index (χ4v) is 3.40. The molecule has 5 heteroatoms. The molecule has 0 amide bonds. The van der Waals surface area contributed by atoms with Crippen molar-refractivity contribution in [2.24, 2.45) is 0 Å². The van der Waals surface area contributed by atoms with Crippen LogP contribution >= 0.6 is 0 Å². The summed E-state index contributed by atoms with van der Waals surface area (Å²) < 4.78 is 5.78. The Kier molecular flexibility index (Phi) is 6.86. The molecule has 0 aliphatic heterocycles. The van der Waals surface area contributed by atoms with Crippen LogP contribution in [0.5, 0.6) is 11.5 Å². The number of aliphatic carboxylic acids is 1. The third-order valence-electron chi connectivity index (χ3n) is 5.00. The number of aromatic hydroxyl groups is 1. The lowest BCUT2D eigenvalue weighted by Crippen LogP contribution is -2.24. The van der Waals surface area contributed by atoms with Crippen LogP contribution in [0.4, 0.5) is 0 Å². The minimum Gasteiger partial charge on any atom is -0.550 e. The Morgan fingerprint density at radius 2 is 1.70 bits per heavy atom. The molecule has 0 bridgehead atoms. The van der Waals surface area contributed by atoms with Gasteiger partial charge in [-0.3, -0.25) is 4.79 Å². The van der Waals surface area contributed by atoms with E-state index in [1.807, 2.05) is 49.4 Å². The number of benzene rings is 3. The Morgan fingerprint density at radius 1 is 1.00 bits per heavy atom. The highest BCUT2D eigenvalue weighted by Crippen LogP contribution is 2.33. The molecule has 0 aliphatic carbocycles. The average molecular weight is 403 g/mol. The number of hydrogen-bond donors (Lipinski definition) is 1. The first kappa shape index (κ1) is 21.1. The van der Waals surface area contributed by atoms with Gasteiger partial charge in [-0.15, -0.1) is 0 Å². The molecule has 3 aromatic rings. The molecule has 1 unspecified atom stereocenters. The van der Waals surface area contributed by atoms with Crippen molar-refractivity contribution >= 4 is 11.8 Å². The van der Waals surface area contributed by atoms with Crippen molar-refractivity contribution in [2.45, 2.75) is 32.3 Å². The quantitative estimate of drug-likeness (QED) is 0.550. The van der Waals surface area contributed by atoms with Crippen molar-refractivity contribution < 1.29 is 24.5 Å². The van der Waals surface area contributed by atoms with Crippen LogP contribution in [0.25, 0.3) is 0 Å². The third kappa shape index (κ3) is 5.26. The summed E-state index contributed by atoms with van der Waals surface area (Å²) in [6.45, 7) is 2.19. The molecule has 0 aromatic heterocycles. The number of ketones is 1. The molecular weight excluding hydrogens is 380 g/mol. The second-order valence-electron chi connectivity index (χ2n) is 7.14. The molecule has 0 saturated heterocycles. The number of ether oxygens (including phenoxy) is 1. The highest BCUT2D eigenvalue weighted by atomic mass is 16.5. The van der Waals surface area contributed by atoms with E-state index in [4.69, 9.17) is 4.74 Å². The molecule has 30 heavy (non-hydrogen) atoms. The molecule has 3 rings (SSSR count). The van der Waals surface area contributed by atoms with Gasteiger partial charge >= 0.3 is 0 Å². The highest BCUT2D eigenvalue weighted by Gasteiger charge is 2.26. The fourth-order valence-electron chi connectivity index (χ4n) is 3.40. The number of carbonyl (C=O) groups is 2. The molecule has 0 heterocycles. The summed E-state index contributed by atoms with van der Waals surface area (Å²) in [6, 6.07) is 21.5. The van der Waals surface area contributed by atoms with Gasteiger partial charge in [0.1, 0.15) is 18.1 Å². The third-order valence-corrected chi connectivity index (χ3v) is 5.00. The number of carboxylic acid groups (broad SMARTS) is 1. The lowest BCUT2D eigenvalue weighted by Gasteiger charge is -2.20. The topological polar surface area (TPSA) is 86.7 Å². The van der Waals surface area contributed by atoms with Crippen molar-refractivity contribution in [1.29, 1.82) is 0 Å². The summed E-state index contributed by atoms with van der Waals surface area (Å²) in [4.78, 5) is 24.4. The summed E-state index contributed by atoms with van der Waals surface area (Å²) in [5.74, 6) is -2.00. The van der Waals surface area contributed by atoms with Crippen LogP contribution in [-0.4, -0.2) is 16.9 Å². The number of phenols is 1. The standard InChI is InChI=1S/C25H24O5/c1-17-7-5-6-10-20(17)21(12-14-24(27)28)25(29)22-15-19(11-13-23(22)26)30-16-18-8-3-2-4-9-18/h2-11,13,15,21,26H,12,14,16H2,1H3,(H,27,28)/p-1. The minimum atomic E-state index is -1.22. The molecule has 1 N–H and O–H groups in total. The molecule has 0 aliphatic rings. The zero-order valence-corrected chi connectivity index (χ0v) is 16.7. The first-order chi connectivity index (χ1) is 14.5. The van der Waals surface area contributed by atoms with Crippen molar-refractivity contribution in [2.75, 3.05) is 0 Å². The van der Waals surface area contributed by atoms with Crippen molar-refractivity contribution in [3.63, 3.8) is 0 Å². The zero-order valence-electron chi connectivity index (χ0n) is 16.7. The zero-order chi connectivity index (χ0) is 21.5. The van der Waals surface area contributed by atoms with E-state index in [1.165, 1.54) is 12.1 Å². The Morgan fingerprint density at radius 3 is 2.40 bits per heavy atom. The van der Waals surface area contributed by atoms with Crippen molar-refractivity contribution in [3.8, 4) is 11.5 Å². The molecule has 154 valence electrons. The van der Waals surface area contributed by atoms with Crippen molar-refractivity contribution in [3.05, 3.63) is 95.1 Å². The molecule has 0 fully saturated rings. The van der Waals surface area contributed by atoms with E-state index in [0.29, 0.717) is 12.4 Å². The maximum atomic E-state index is 13.3. The van der Waals surface area contributed by atoms with Crippen LogP contribution in [0.15, 0.2) is 72.8 Å². The maximum absolute atomic E-state index is 13.3. The number of aryl methyl sites for hydroxylation is 1. The Labute approximate surface area is 175 Å². The fraction of sp³-hybridized carbons (Fsp3) is 0.200. The predicted octanol–water partition coefficient (Wildman–Crippen LogP) is 3.78. The summed E-state index contributed by atoms with van der Waals surface area (Å²) in [6.07, 6.45) is -0.170. The molecular formula is C25H23O5-. The van der Waals surface area contributed by atoms with Gasteiger partial charge in [0.05, 0.1) is 5.56 Å². The summed E-state index contributed by atoms with van der Waals surface area (Å²) in [5, 5.41) is 21.4. The van der Waals surface area contributed by atoms with Crippen LogP contribution in [-0.2, 0) is 11.4 Å². The van der Waals surface area contributed by atoms with Gasteiger partial charge in [-0.2, -0.15) is 0 Å². The Hall–Kier alpha value is -3.60. The van der Waals surface area contributed by atoms with E-state index in [2.05, 4.69) is 0 Å². The molecule has 0 radical (unpaired) electrons. The summed E-state index contributed by atoms with van der Waals surface area (Å²) in [7, 11) is 0. The monoisotopic (exact) mass is 403 g/mol. The van der Waals surface area contributed by atoms with Gasteiger partial charge in [-0.1, -0.05) is 54.6 Å². The Bertz CT molecular complexity index is 1030. The van der Waals surface area contributed by atoms with Gasteiger partial charge in [0.15, 0.2) is 5.78 Å². The van der Waals surface area contributed by atoms with E-state index < -0.39 is 11.9 Å². The van der Waals surface area contributed by atoms with Gasteiger partial charge in [-0.05, 0) is 54.7 Å². The van der Waals surface area contributed by atoms with Crippen molar-refractivity contribution in [1.82, 2.24) is 0 Å². The molecule has 5 nitrogen and oxygen atoms in total. The van der Waals surface area contributed by atoms with Crippen LogP contribution in [0.1, 0.15) is 45.8 Å². The number of Topliss-reactive ketones (excluding diaryl/α,β-unsaturated/α-hetero) is 1. The molecule has 3 aromatic carbocycles. The van der Waals surface area contributed by atoms with Gasteiger partial charge in [0, 0.05) is 11.9 Å². The summed E-state index contributed by atoms with van der Waals surface area (Å²) >= 11 is 0. The van der Waals surface area contributed by atoms with Crippen LogP contribution in [0.2, 0.25) is 0 Å². The van der Waals surface area contributed by atoms with Crippen LogP contribution in [0, 0.1) is 6.92 Å². The van der Waals surface area contributed by atoms with Crippen LogP contribution < -0.4 is 9.84 Å². The predicted molar refractivity (Wildman–Crippen MR) is 111 cm³/mol. The van der Waals surface area contributed by atoms with Gasteiger partial charge < -0.3 is 19.7 Å². The normalized spacial score (nSPS) is 11.6. The van der Waals surface area contributed by atoms with Gasteiger partial charge in [-0.25, -0.2) is 0 Å². The maximum Gasteiger partial charge on any atom is 0.174 e. The second kappa shape index (κ2) is 9.74. The number of carboxylic acids is 1. The second-order valence-corrected chi connectivity index (χ2v) is 7.14. The van der Waals surface area contributed by atoms with E-state index in [0.717, 1.165) is 16.7 Å². The summed E-state index contributed by atoms with van der Waals surface area (Å²) in [5.41, 5.74) is 2.70. The lowest BCUT2D eigenvalue weighted by atomic mass is 9.84. The number of phenolic OH excluding ortho intramolecular Hbond substituents is 1. The highest BCUT2D eigenvalue weighted by molar-refractivity contribution is 6.03. The van der Waals surface area contributed by atoms with E-state index in [1.54, 1.807) is 18.2 Å².